The van der Waals surface area contributed by atoms with Crippen molar-refractivity contribution in [3.8, 4) is 5.75 Å². The maximum absolute atomic E-state index is 12.1. The zero-order chi connectivity index (χ0) is 13.1. The molecule has 0 bridgehead atoms. The maximum atomic E-state index is 12.1. The predicted octanol–water partition coefficient (Wildman–Crippen LogP) is 4.66. The number of alkyl halides is 3. The van der Waals surface area contributed by atoms with Crippen LogP contribution in [0.2, 0.25) is 0 Å². The van der Waals surface area contributed by atoms with Gasteiger partial charge in [0.05, 0.1) is 0 Å². The molecule has 0 saturated carbocycles. The zero-order valence-corrected chi connectivity index (χ0v) is 10.3. The van der Waals surface area contributed by atoms with Crippen molar-refractivity contribution in [1.82, 2.24) is 0 Å². The summed E-state index contributed by atoms with van der Waals surface area (Å²) >= 11 is 0. The van der Waals surface area contributed by atoms with Crippen LogP contribution in [0.3, 0.4) is 0 Å². The summed E-state index contributed by atoms with van der Waals surface area (Å²) in [6.45, 7) is 6.09. The van der Waals surface area contributed by atoms with E-state index in [0.29, 0.717) is 0 Å². The van der Waals surface area contributed by atoms with Gasteiger partial charge < -0.3 is 4.74 Å². The van der Waals surface area contributed by atoms with E-state index in [2.05, 4.69) is 11.7 Å². The van der Waals surface area contributed by atoms with Crippen LogP contribution in [0.1, 0.15) is 39.2 Å². The van der Waals surface area contributed by atoms with E-state index in [0.717, 1.165) is 18.4 Å². The van der Waals surface area contributed by atoms with Gasteiger partial charge >= 0.3 is 6.36 Å². The molecule has 4 heteroatoms. The molecular formula is C13H17F3O. The van der Waals surface area contributed by atoms with Crippen molar-refractivity contribution in [3.05, 3.63) is 29.8 Å². The van der Waals surface area contributed by atoms with Crippen molar-refractivity contribution < 1.29 is 17.9 Å². The van der Waals surface area contributed by atoms with Gasteiger partial charge in [-0.15, -0.1) is 13.2 Å². The maximum Gasteiger partial charge on any atom is 0.573 e. The van der Waals surface area contributed by atoms with E-state index >= 15 is 0 Å². The normalized spacial score (nSPS) is 12.6. The quantitative estimate of drug-likeness (QED) is 0.750. The Kier molecular flexibility index (Phi) is 4.07. The molecule has 0 unspecified atom stereocenters. The Labute approximate surface area is 99.6 Å². The van der Waals surface area contributed by atoms with Crippen LogP contribution >= 0.6 is 0 Å². The highest BCUT2D eigenvalue weighted by atomic mass is 19.4. The number of hydrogen-bond donors (Lipinski definition) is 0. The Morgan fingerprint density at radius 3 is 2.35 bits per heavy atom. The molecule has 1 aromatic rings. The number of hydrogen-bond acceptors (Lipinski definition) is 1. The summed E-state index contributed by atoms with van der Waals surface area (Å²) in [7, 11) is 0. The molecule has 0 atom stereocenters. The van der Waals surface area contributed by atoms with Gasteiger partial charge in [-0.3, -0.25) is 0 Å². The molecule has 0 aliphatic heterocycles. The molecule has 0 aliphatic rings. The number of halogens is 3. The van der Waals surface area contributed by atoms with Crippen LogP contribution in [0.15, 0.2) is 24.3 Å². The van der Waals surface area contributed by atoms with Gasteiger partial charge in [0.25, 0.3) is 0 Å². The van der Waals surface area contributed by atoms with Gasteiger partial charge in [-0.05, 0) is 29.5 Å². The second-order valence-electron chi connectivity index (χ2n) is 4.71. The Bertz CT molecular complexity index is 369. The standard InChI is InChI=1S/C13H17F3O/c1-4-8-12(2,3)10-6-5-7-11(9-10)17-13(14,15)16/h5-7,9H,4,8H2,1-3H3. The molecule has 0 aliphatic carbocycles. The van der Waals surface area contributed by atoms with E-state index in [9.17, 15) is 13.2 Å². The average Bonchev–Trinajstić information content (AvgIpc) is 2.15. The van der Waals surface area contributed by atoms with Crippen molar-refractivity contribution in [2.24, 2.45) is 0 Å². The highest BCUT2D eigenvalue weighted by Crippen LogP contribution is 2.32. The topological polar surface area (TPSA) is 9.23 Å². The van der Waals surface area contributed by atoms with Gasteiger partial charge in [-0.2, -0.15) is 0 Å². The van der Waals surface area contributed by atoms with E-state index in [4.69, 9.17) is 0 Å². The minimum atomic E-state index is -4.63. The first-order valence-electron chi connectivity index (χ1n) is 5.61. The van der Waals surface area contributed by atoms with Crippen molar-refractivity contribution in [2.45, 2.75) is 45.4 Å². The summed E-state index contributed by atoms with van der Waals surface area (Å²) in [5.41, 5.74) is 0.723. The van der Waals surface area contributed by atoms with Gasteiger partial charge in [-0.1, -0.05) is 39.3 Å². The summed E-state index contributed by atoms with van der Waals surface area (Å²) in [5, 5.41) is 0. The Hall–Kier alpha value is -1.19. The van der Waals surface area contributed by atoms with Crippen LogP contribution in [0, 0.1) is 0 Å². The zero-order valence-electron chi connectivity index (χ0n) is 10.3. The summed E-state index contributed by atoms with van der Waals surface area (Å²) in [6, 6.07) is 6.20. The van der Waals surface area contributed by atoms with Crippen molar-refractivity contribution in [2.75, 3.05) is 0 Å². The van der Waals surface area contributed by atoms with Gasteiger partial charge in [0.2, 0.25) is 0 Å². The fraction of sp³-hybridized carbons (Fsp3) is 0.538. The third kappa shape index (κ3) is 4.29. The molecule has 0 radical (unpaired) electrons. The summed E-state index contributed by atoms with van der Waals surface area (Å²) < 4.78 is 40.2. The molecule has 0 aromatic heterocycles. The van der Waals surface area contributed by atoms with E-state index in [1.807, 2.05) is 19.9 Å². The Balaban J connectivity index is 2.93. The molecule has 0 N–H and O–H groups in total. The molecule has 96 valence electrons. The Morgan fingerprint density at radius 2 is 1.82 bits per heavy atom. The fourth-order valence-corrected chi connectivity index (χ4v) is 1.88. The summed E-state index contributed by atoms with van der Waals surface area (Å²) in [6.07, 6.45) is -2.73. The SMILES string of the molecule is CCCC(C)(C)c1cccc(OC(F)(F)F)c1. The summed E-state index contributed by atoms with van der Waals surface area (Å²) in [4.78, 5) is 0. The van der Waals surface area contributed by atoms with E-state index in [1.54, 1.807) is 6.07 Å². The minimum absolute atomic E-state index is 0.139. The molecule has 0 heterocycles. The van der Waals surface area contributed by atoms with Gasteiger partial charge in [-0.25, -0.2) is 0 Å². The van der Waals surface area contributed by atoms with Gasteiger partial charge in [0, 0.05) is 0 Å². The van der Waals surface area contributed by atoms with Crippen LogP contribution in [-0.4, -0.2) is 6.36 Å². The first-order chi connectivity index (χ1) is 7.74. The average molecular weight is 246 g/mol. The van der Waals surface area contributed by atoms with Gasteiger partial charge in [0.1, 0.15) is 5.75 Å². The monoisotopic (exact) mass is 246 g/mol. The lowest BCUT2D eigenvalue weighted by atomic mass is 9.81. The second-order valence-corrected chi connectivity index (χ2v) is 4.71. The molecule has 0 fully saturated rings. The first-order valence-corrected chi connectivity index (χ1v) is 5.61. The molecular weight excluding hydrogens is 229 g/mol. The fourth-order valence-electron chi connectivity index (χ4n) is 1.88. The lowest BCUT2D eigenvalue weighted by molar-refractivity contribution is -0.274. The molecule has 0 amide bonds. The van der Waals surface area contributed by atoms with E-state index in [-0.39, 0.29) is 11.2 Å². The van der Waals surface area contributed by atoms with Crippen LogP contribution in [-0.2, 0) is 5.41 Å². The van der Waals surface area contributed by atoms with Crippen molar-refractivity contribution in [3.63, 3.8) is 0 Å². The number of benzene rings is 1. The lowest BCUT2D eigenvalue weighted by Crippen LogP contribution is -2.19. The van der Waals surface area contributed by atoms with Crippen LogP contribution in [0.5, 0.6) is 5.75 Å². The number of rotatable bonds is 4. The van der Waals surface area contributed by atoms with Crippen molar-refractivity contribution >= 4 is 0 Å². The van der Waals surface area contributed by atoms with E-state index in [1.165, 1.54) is 12.1 Å². The van der Waals surface area contributed by atoms with E-state index < -0.39 is 6.36 Å². The minimum Gasteiger partial charge on any atom is -0.406 e. The molecule has 0 saturated heterocycles. The molecule has 0 spiro atoms. The first kappa shape index (κ1) is 13.9. The largest absolute Gasteiger partial charge is 0.573 e. The van der Waals surface area contributed by atoms with Gasteiger partial charge in [0.15, 0.2) is 0 Å². The highest BCUT2D eigenvalue weighted by Gasteiger charge is 2.31. The smallest absolute Gasteiger partial charge is 0.406 e. The summed E-state index contributed by atoms with van der Waals surface area (Å²) in [5.74, 6) is -0.154. The lowest BCUT2D eigenvalue weighted by Gasteiger charge is -2.25. The molecule has 17 heavy (non-hydrogen) atoms. The van der Waals surface area contributed by atoms with Crippen LogP contribution < -0.4 is 4.74 Å². The predicted molar refractivity (Wildman–Crippen MR) is 61.1 cm³/mol. The Morgan fingerprint density at radius 1 is 1.18 bits per heavy atom. The molecule has 1 rings (SSSR count). The molecule has 1 nitrogen and oxygen atoms in total. The second kappa shape index (κ2) is 4.98. The van der Waals surface area contributed by atoms with Crippen LogP contribution in [0.25, 0.3) is 0 Å². The van der Waals surface area contributed by atoms with Crippen molar-refractivity contribution in [1.29, 1.82) is 0 Å². The third-order valence-electron chi connectivity index (χ3n) is 2.72. The molecule has 1 aromatic carbocycles. The number of ether oxygens (including phenoxy) is 1. The third-order valence-corrected chi connectivity index (χ3v) is 2.72. The van der Waals surface area contributed by atoms with Crippen LogP contribution in [0.4, 0.5) is 13.2 Å². The highest BCUT2D eigenvalue weighted by molar-refractivity contribution is 5.33.